The van der Waals surface area contributed by atoms with Crippen molar-refractivity contribution in [2.45, 2.75) is 0 Å². The fraction of sp³-hybridized carbons (Fsp3) is 0. The van der Waals surface area contributed by atoms with Crippen LogP contribution in [0.5, 0.6) is 17.2 Å². The summed E-state index contributed by atoms with van der Waals surface area (Å²) in [6.45, 7) is 0. The van der Waals surface area contributed by atoms with Crippen molar-refractivity contribution in [3.05, 3.63) is 58.6 Å². The lowest BCUT2D eigenvalue weighted by Crippen LogP contribution is -1.90. The molecule has 0 saturated carbocycles. The lowest BCUT2D eigenvalue weighted by atomic mass is 10.3. The quantitative estimate of drug-likeness (QED) is 0.650. The van der Waals surface area contributed by atoms with Gasteiger partial charge in [-0.1, -0.05) is 18.2 Å². The van der Waals surface area contributed by atoms with Gasteiger partial charge in [0.15, 0.2) is 5.75 Å². The van der Waals surface area contributed by atoms with Crippen LogP contribution in [0.25, 0.3) is 0 Å². The predicted molar refractivity (Wildman–Crippen MR) is 61.3 cm³/mol. The number of para-hydroxylation sites is 1. The first-order valence-corrected chi connectivity index (χ1v) is 4.87. The van der Waals surface area contributed by atoms with Gasteiger partial charge in [-0.2, -0.15) is 0 Å². The van der Waals surface area contributed by atoms with Gasteiger partial charge in [-0.15, -0.1) is 0 Å². The van der Waals surface area contributed by atoms with E-state index in [1.807, 2.05) is 6.07 Å². The van der Waals surface area contributed by atoms with Crippen LogP contribution >= 0.6 is 0 Å². The number of phenols is 1. The summed E-state index contributed by atoms with van der Waals surface area (Å²) in [5, 5.41) is 19.9. The number of aromatic hydroxyl groups is 1. The molecule has 2 rings (SSSR count). The molecule has 0 amide bonds. The summed E-state index contributed by atoms with van der Waals surface area (Å²) < 4.78 is 5.41. The average molecular weight is 231 g/mol. The highest BCUT2D eigenvalue weighted by Crippen LogP contribution is 2.31. The van der Waals surface area contributed by atoms with Gasteiger partial charge >= 0.3 is 5.69 Å². The van der Waals surface area contributed by atoms with Crippen molar-refractivity contribution in [1.29, 1.82) is 0 Å². The lowest BCUT2D eigenvalue weighted by molar-refractivity contribution is -0.385. The Morgan fingerprint density at radius 3 is 2.41 bits per heavy atom. The molecule has 2 aromatic carbocycles. The zero-order valence-corrected chi connectivity index (χ0v) is 8.74. The Balaban J connectivity index is 2.29. The largest absolute Gasteiger partial charge is 0.502 e. The summed E-state index contributed by atoms with van der Waals surface area (Å²) in [4.78, 5) is 9.96. The maximum absolute atomic E-state index is 10.6. The molecule has 0 spiro atoms. The van der Waals surface area contributed by atoms with Gasteiger partial charge in [-0.3, -0.25) is 10.1 Å². The van der Waals surface area contributed by atoms with E-state index in [1.165, 1.54) is 18.2 Å². The fourth-order valence-electron chi connectivity index (χ4n) is 1.34. The summed E-state index contributed by atoms with van der Waals surface area (Å²) in [5.74, 6) is 0.503. The Morgan fingerprint density at radius 2 is 1.76 bits per heavy atom. The number of ether oxygens (including phenoxy) is 1. The molecule has 0 aliphatic rings. The second kappa shape index (κ2) is 4.52. The van der Waals surface area contributed by atoms with E-state index in [4.69, 9.17) is 4.74 Å². The number of benzene rings is 2. The summed E-state index contributed by atoms with van der Waals surface area (Å²) in [6, 6.07) is 12.8. The molecule has 0 radical (unpaired) electrons. The standard InChI is InChI=1S/C12H9NO4/c14-12-7-6-10(8-11(12)13(15)16)17-9-4-2-1-3-5-9/h1-8,14H. The van der Waals surface area contributed by atoms with Crippen LogP contribution in [0.4, 0.5) is 5.69 Å². The van der Waals surface area contributed by atoms with Crippen molar-refractivity contribution in [2.24, 2.45) is 0 Å². The Kier molecular flexibility index (Phi) is 2.91. The van der Waals surface area contributed by atoms with E-state index in [-0.39, 0.29) is 11.4 Å². The molecule has 0 aromatic heterocycles. The number of rotatable bonds is 3. The molecule has 1 N–H and O–H groups in total. The fourth-order valence-corrected chi connectivity index (χ4v) is 1.34. The molecule has 5 heteroatoms. The topological polar surface area (TPSA) is 72.6 Å². The zero-order chi connectivity index (χ0) is 12.3. The van der Waals surface area contributed by atoms with Crippen LogP contribution in [0.15, 0.2) is 48.5 Å². The Labute approximate surface area is 97.0 Å². The molecular weight excluding hydrogens is 222 g/mol. The summed E-state index contributed by atoms with van der Waals surface area (Å²) in [5.41, 5.74) is -0.376. The molecule has 0 atom stereocenters. The van der Waals surface area contributed by atoms with Crippen LogP contribution < -0.4 is 4.74 Å². The van der Waals surface area contributed by atoms with Crippen molar-refractivity contribution in [3.8, 4) is 17.2 Å². The Hall–Kier alpha value is -2.56. The van der Waals surface area contributed by atoms with E-state index in [9.17, 15) is 15.2 Å². The van der Waals surface area contributed by atoms with Gasteiger partial charge in [0, 0.05) is 0 Å². The molecule has 0 unspecified atom stereocenters. The number of phenolic OH excluding ortho intramolecular Hbond substituents is 1. The number of hydrogen-bond acceptors (Lipinski definition) is 4. The van der Waals surface area contributed by atoms with E-state index in [0.29, 0.717) is 11.5 Å². The van der Waals surface area contributed by atoms with Crippen LogP contribution in [0.3, 0.4) is 0 Å². The third-order valence-electron chi connectivity index (χ3n) is 2.12. The van der Waals surface area contributed by atoms with Gasteiger partial charge in [-0.05, 0) is 24.3 Å². The smallest absolute Gasteiger partial charge is 0.314 e. The van der Waals surface area contributed by atoms with Crippen LogP contribution in [-0.2, 0) is 0 Å². The SMILES string of the molecule is O=[N+]([O-])c1cc(Oc2ccccc2)ccc1O. The van der Waals surface area contributed by atoms with Gasteiger partial charge in [0.1, 0.15) is 11.5 Å². The highest BCUT2D eigenvalue weighted by atomic mass is 16.6. The molecular formula is C12H9NO4. The first kappa shape index (κ1) is 10.9. The molecule has 0 heterocycles. The molecule has 0 saturated heterocycles. The first-order valence-electron chi connectivity index (χ1n) is 4.87. The minimum atomic E-state index is -0.660. The Morgan fingerprint density at radius 1 is 1.06 bits per heavy atom. The predicted octanol–water partition coefficient (Wildman–Crippen LogP) is 3.09. The van der Waals surface area contributed by atoms with E-state index >= 15 is 0 Å². The van der Waals surface area contributed by atoms with Crippen LogP contribution in [-0.4, -0.2) is 10.0 Å². The Bertz CT molecular complexity index is 539. The average Bonchev–Trinajstić information content (AvgIpc) is 2.32. The molecule has 5 nitrogen and oxygen atoms in total. The highest BCUT2D eigenvalue weighted by molar-refractivity contribution is 5.50. The molecule has 17 heavy (non-hydrogen) atoms. The molecule has 86 valence electrons. The van der Waals surface area contributed by atoms with Crippen molar-refractivity contribution in [2.75, 3.05) is 0 Å². The van der Waals surface area contributed by atoms with E-state index in [2.05, 4.69) is 0 Å². The van der Waals surface area contributed by atoms with Crippen molar-refractivity contribution < 1.29 is 14.8 Å². The van der Waals surface area contributed by atoms with Gasteiger partial charge in [0.05, 0.1) is 11.0 Å². The van der Waals surface area contributed by atoms with Gasteiger partial charge in [0.2, 0.25) is 0 Å². The van der Waals surface area contributed by atoms with Crippen molar-refractivity contribution in [1.82, 2.24) is 0 Å². The van der Waals surface area contributed by atoms with Crippen LogP contribution in [0, 0.1) is 10.1 Å². The van der Waals surface area contributed by atoms with Crippen LogP contribution in [0.2, 0.25) is 0 Å². The zero-order valence-electron chi connectivity index (χ0n) is 8.74. The number of nitro groups is 1. The number of hydrogen-bond donors (Lipinski definition) is 1. The number of nitrogens with zero attached hydrogens (tertiary/aromatic N) is 1. The third kappa shape index (κ3) is 2.52. The summed E-state index contributed by atoms with van der Waals surface area (Å²) >= 11 is 0. The van der Waals surface area contributed by atoms with Gasteiger partial charge in [0.25, 0.3) is 0 Å². The monoisotopic (exact) mass is 231 g/mol. The third-order valence-corrected chi connectivity index (χ3v) is 2.12. The highest BCUT2D eigenvalue weighted by Gasteiger charge is 2.14. The van der Waals surface area contributed by atoms with E-state index in [0.717, 1.165) is 0 Å². The minimum Gasteiger partial charge on any atom is -0.502 e. The second-order valence-corrected chi connectivity index (χ2v) is 3.32. The molecule has 0 aliphatic carbocycles. The lowest BCUT2D eigenvalue weighted by Gasteiger charge is -2.05. The van der Waals surface area contributed by atoms with Crippen molar-refractivity contribution in [3.63, 3.8) is 0 Å². The molecule has 0 fully saturated rings. The van der Waals surface area contributed by atoms with Crippen molar-refractivity contribution >= 4 is 5.69 Å². The minimum absolute atomic E-state index is 0.306. The van der Waals surface area contributed by atoms with Gasteiger partial charge in [-0.25, -0.2) is 0 Å². The molecule has 0 bridgehead atoms. The molecule has 0 aliphatic heterocycles. The normalized spacial score (nSPS) is 9.88. The first-order chi connectivity index (χ1) is 8.16. The maximum Gasteiger partial charge on any atom is 0.314 e. The van der Waals surface area contributed by atoms with E-state index in [1.54, 1.807) is 24.3 Å². The second-order valence-electron chi connectivity index (χ2n) is 3.32. The van der Waals surface area contributed by atoms with E-state index < -0.39 is 4.92 Å². The maximum atomic E-state index is 10.6. The van der Waals surface area contributed by atoms with Gasteiger partial charge < -0.3 is 9.84 Å². The molecule has 2 aromatic rings. The summed E-state index contributed by atoms with van der Waals surface area (Å²) in [7, 11) is 0. The summed E-state index contributed by atoms with van der Waals surface area (Å²) in [6.07, 6.45) is 0. The van der Waals surface area contributed by atoms with Crippen LogP contribution in [0.1, 0.15) is 0 Å². The number of nitro benzene ring substituents is 1.